The van der Waals surface area contributed by atoms with Crippen molar-refractivity contribution in [1.82, 2.24) is 20.0 Å². The van der Waals surface area contributed by atoms with Crippen molar-refractivity contribution in [2.45, 2.75) is 58.8 Å². The van der Waals surface area contributed by atoms with Crippen LogP contribution in [0.25, 0.3) is 0 Å². The lowest BCUT2D eigenvalue weighted by atomic mass is 10.1. The molecule has 1 N–H and O–H groups in total. The number of nitrogens with zero attached hydrogens (tertiary/aromatic N) is 3. The van der Waals surface area contributed by atoms with Gasteiger partial charge in [0.1, 0.15) is 0 Å². The van der Waals surface area contributed by atoms with Crippen LogP contribution in [0.5, 0.6) is 0 Å². The fraction of sp³-hybridized carbons (Fsp3) is 0.786. The van der Waals surface area contributed by atoms with Crippen molar-refractivity contribution < 1.29 is 0 Å². The Balaban J connectivity index is 1.98. The summed E-state index contributed by atoms with van der Waals surface area (Å²) in [5.74, 6) is 0. The number of hydrogen-bond donors (Lipinski definition) is 1. The quantitative estimate of drug-likeness (QED) is 0.887. The Kier molecular flexibility index (Phi) is 4.40. The first kappa shape index (κ1) is 13.6. The van der Waals surface area contributed by atoms with E-state index in [0.717, 1.165) is 26.1 Å². The molecule has 0 aromatic carbocycles. The van der Waals surface area contributed by atoms with Crippen LogP contribution in [0, 0.1) is 0 Å². The van der Waals surface area contributed by atoms with E-state index >= 15 is 0 Å². The molecule has 4 nitrogen and oxygen atoms in total. The van der Waals surface area contributed by atoms with Gasteiger partial charge < -0.3 is 5.32 Å². The number of aromatic nitrogens is 2. The number of hydrogen-bond acceptors (Lipinski definition) is 3. The van der Waals surface area contributed by atoms with Gasteiger partial charge in [-0.1, -0.05) is 6.92 Å². The minimum atomic E-state index is 0.498. The molecule has 2 heterocycles. The highest BCUT2D eigenvalue weighted by atomic mass is 15.3. The molecule has 0 bridgehead atoms. The van der Waals surface area contributed by atoms with Crippen molar-refractivity contribution in [2.75, 3.05) is 13.1 Å². The van der Waals surface area contributed by atoms with Gasteiger partial charge in [-0.2, -0.15) is 5.10 Å². The predicted octanol–water partition coefficient (Wildman–Crippen LogP) is 2.04. The van der Waals surface area contributed by atoms with Gasteiger partial charge in [-0.05, 0) is 33.3 Å². The minimum Gasteiger partial charge on any atom is -0.311 e. The molecule has 102 valence electrons. The second-order valence-corrected chi connectivity index (χ2v) is 5.63. The highest BCUT2D eigenvalue weighted by Gasteiger charge is 2.22. The molecule has 3 atom stereocenters. The maximum absolute atomic E-state index is 4.69. The third-order valence-electron chi connectivity index (χ3n) is 3.96. The molecule has 0 aliphatic carbocycles. The van der Waals surface area contributed by atoms with E-state index in [1.165, 1.54) is 5.69 Å². The molecule has 1 aromatic heterocycles. The Hall–Kier alpha value is -0.870. The van der Waals surface area contributed by atoms with E-state index in [0.29, 0.717) is 18.1 Å². The molecule has 1 fully saturated rings. The predicted molar refractivity (Wildman–Crippen MR) is 74.6 cm³/mol. The second-order valence-electron chi connectivity index (χ2n) is 5.63. The van der Waals surface area contributed by atoms with Gasteiger partial charge in [-0.15, -0.1) is 0 Å². The van der Waals surface area contributed by atoms with Crippen LogP contribution in [0.3, 0.4) is 0 Å². The topological polar surface area (TPSA) is 33.1 Å². The van der Waals surface area contributed by atoms with Gasteiger partial charge in [0.05, 0.1) is 5.69 Å². The van der Waals surface area contributed by atoms with Crippen LogP contribution >= 0.6 is 0 Å². The maximum atomic E-state index is 4.69. The summed E-state index contributed by atoms with van der Waals surface area (Å²) in [5.41, 5.74) is 1.19. The van der Waals surface area contributed by atoms with Crippen molar-refractivity contribution in [2.24, 2.45) is 0 Å². The molecule has 1 saturated heterocycles. The number of nitrogens with one attached hydrogen (secondary N) is 1. The molecule has 0 amide bonds. The average Bonchev–Trinajstić information content (AvgIpc) is 2.81. The van der Waals surface area contributed by atoms with Crippen LogP contribution in [0.15, 0.2) is 12.3 Å². The molecule has 1 aliphatic heterocycles. The molecule has 1 aliphatic rings. The Bertz CT molecular complexity index is 374. The van der Waals surface area contributed by atoms with Crippen LogP contribution in [0.1, 0.15) is 45.9 Å². The number of rotatable bonds is 4. The minimum absolute atomic E-state index is 0.498. The van der Waals surface area contributed by atoms with E-state index < -0.39 is 0 Å². The Morgan fingerprint density at radius 1 is 1.50 bits per heavy atom. The summed E-state index contributed by atoms with van der Waals surface area (Å²) in [6, 6.07) is 3.83. The molecule has 0 spiro atoms. The van der Waals surface area contributed by atoms with Crippen LogP contribution in [0.2, 0.25) is 0 Å². The smallest absolute Gasteiger partial charge is 0.0765 e. The fourth-order valence-electron chi connectivity index (χ4n) is 2.42. The molecule has 0 radical (unpaired) electrons. The summed E-state index contributed by atoms with van der Waals surface area (Å²) in [7, 11) is 0. The lowest BCUT2D eigenvalue weighted by Gasteiger charge is -2.37. The molecule has 2 rings (SSSR count). The van der Waals surface area contributed by atoms with E-state index in [1.807, 2.05) is 0 Å². The van der Waals surface area contributed by atoms with Gasteiger partial charge in [-0.25, -0.2) is 0 Å². The Morgan fingerprint density at radius 2 is 2.28 bits per heavy atom. The summed E-state index contributed by atoms with van der Waals surface area (Å²) in [6.45, 7) is 12.1. The van der Waals surface area contributed by atoms with E-state index in [1.54, 1.807) is 0 Å². The first-order valence-electron chi connectivity index (χ1n) is 7.11. The van der Waals surface area contributed by atoms with Gasteiger partial charge >= 0.3 is 0 Å². The van der Waals surface area contributed by atoms with Gasteiger partial charge in [0.25, 0.3) is 0 Å². The first-order valence-corrected chi connectivity index (χ1v) is 7.11. The van der Waals surface area contributed by atoms with Gasteiger partial charge in [0.15, 0.2) is 0 Å². The second kappa shape index (κ2) is 5.85. The van der Waals surface area contributed by atoms with E-state index in [-0.39, 0.29) is 0 Å². The number of piperazine rings is 1. The molecular formula is C14H26N4. The maximum Gasteiger partial charge on any atom is 0.0765 e. The van der Waals surface area contributed by atoms with Crippen molar-refractivity contribution in [1.29, 1.82) is 0 Å². The molecular weight excluding hydrogens is 224 g/mol. The van der Waals surface area contributed by atoms with E-state index in [4.69, 9.17) is 0 Å². The molecule has 0 saturated carbocycles. The van der Waals surface area contributed by atoms with Crippen LogP contribution in [-0.4, -0.2) is 39.9 Å². The van der Waals surface area contributed by atoms with Gasteiger partial charge in [-0.3, -0.25) is 9.58 Å². The SMILES string of the molecule is CCC(C)n1ccc(CN2CC(C)NCC2C)n1. The van der Waals surface area contributed by atoms with Crippen molar-refractivity contribution in [3.05, 3.63) is 18.0 Å². The zero-order chi connectivity index (χ0) is 13.1. The summed E-state index contributed by atoms with van der Waals surface area (Å²) in [4.78, 5) is 2.52. The van der Waals surface area contributed by atoms with Gasteiger partial charge in [0.2, 0.25) is 0 Å². The lowest BCUT2D eigenvalue weighted by molar-refractivity contribution is 0.137. The monoisotopic (exact) mass is 250 g/mol. The van der Waals surface area contributed by atoms with Crippen LogP contribution in [-0.2, 0) is 6.54 Å². The molecule has 1 aromatic rings. The zero-order valence-corrected chi connectivity index (χ0v) is 12.1. The summed E-state index contributed by atoms with van der Waals surface area (Å²) >= 11 is 0. The normalized spacial score (nSPS) is 27.3. The van der Waals surface area contributed by atoms with Gasteiger partial charge in [0, 0.05) is 44.0 Å². The zero-order valence-electron chi connectivity index (χ0n) is 12.1. The average molecular weight is 250 g/mol. The molecule has 4 heteroatoms. The molecule has 3 unspecified atom stereocenters. The molecule has 18 heavy (non-hydrogen) atoms. The lowest BCUT2D eigenvalue weighted by Crippen LogP contribution is -2.53. The van der Waals surface area contributed by atoms with Crippen LogP contribution < -0.4 is 5.32 Å². The largest absolute Gasteiger partial charge is 0.311 e. The fourth-order valence-corrected chi connectivity index (χ4v) is 2.42. The highest BCUT2D eigenvalue weighted by molar-refractivity contribution is 5.01. The van der Waals surface area contributed by atoms with Crippen LogP contribution in [0.4, 0.5) is 0 Å². The van der Waals surface area contributed by atoms with Crippen molar-refractivity contribution in [3.8, 4) is 0 Å². The summed E-state index contributed by atoms with van der Waals surface area (Å²) in [6.07, 6.45) is 3.24. The van der Waals surface area contributed by atoms with Crippen molar-refractivity contribution in [3.63, 3.8) is 0 Å². The Morgan fingerprint density at radius 3 is 3.00 bits per heavy atom. The van der Waals surface area contributed by atoms with E-state index in [9.17, 15) is 0 Å². The third kappa shape index (κ3) is 3.12. The third-order valence-corrected chi connectivity index (χ3v) is 3.96. The van der Waals surface area contributed by atoms with Crippen molar-refractivity contribution >= 4 is 0 Å². The van der Waals surface area contributed by atoms with E-state index in [2.05, 4.69) is 60.0 Å². The Labute approximate surface area is 110 Å². The highest BCUT2D eigenvalue weighted by Crippen LogP contribution is 2.13. The summed E-state index contributed by atoms with van der Waals surface area (Å²) < 4.78 is 2.09. The summed E-state index contributed by atoms with van der Waals surface area (Å²) in [5, 5.41) is 8.20. The first-order chi connectivity index (χ1) is 8.60. The standard InChI is InChI=1S/C14H26N4/c1-5-12(3)18-7-6-14(16-18)10-17-9-11(2)15-8-13(17)4/h6-7,11-13,15H,5,8-10H2,1-4H3.